The largest absolute Gasteiger partial charge is 0.395 e. The molecular formula is C10H16O. The quantitative estimate of drug-likeness (QED) is 0.602. The van der Waals surface area contributed by atoms with Gasteiger partial charge in [0.1, 0.15) is 0 Å². The fourth-order valence-corrected chi connectivity index (χ4v) is 1.61. The first-order valence-corrected chi connectivity index (χ1v) is 4.25. The fraction of sp³-hybridized carbons (Fsp3) is 0.600. The van der Waals surface area contributed by atoms with Gasteiger partial charge in [0.15, 0.2) is 0 Å². The molecule has 1 rings (SSSR count). The summed E-state index contributed by atoms with van der Waals surface area (Å²) in [5.74, 6) is 0. The Morgan fingerprint density at radius 1 is 1.64 bits per heavy atom. The Labute approximate surface area is 68.4 Å². The molecule has 0 heterocycles. The topological polar surface area (TPSA) is 20.2 Å². The second kappa shape index (κ2) is 3.72. The van der Waals surface area contributed by atoms with Gasteiger partial charge in [-0.25, -0.2) is 0 Å². The predicted octanol–water partition coefficient (Wildman–Crippen LogP) is 2.28. The minimum absolute atomic E-state index is 0.0347. The highest BCUT2D eigenvalue weighted by Gasteiger charge is 2.23. The summed E-state index contributed by atoms with van der Waals surface area (Å²) in [5, 5.41) is 9.17. The van der Waals surface area contributed by atoms with Crippen LogP contribution in [-0.2, 0) is 0 Å². The number of hydrogen-bond acceptors (Lipinski definition) is 1. The molecule has 0 aromatic rings. The van der Waals surface area contributed by atoms with Gasteiger partial charge in [-0.2, -0.15) is 0 Å². The third-order valence-corrected chi connectivity index (χ3v) is 2.26. The molecule has 0 amide bonds. The Morgan fingerprint density at radius 2 is 2.45 bits per heavy atom. The van der Waals surface area contributed by atoms with Crippen molar-refractivity contribution in [2.75, 3.05) is 6.61 Å². The lowest BCUT2D eigenvalue weighted by Gasteiger charge is -2.27. The predicted molar refractivity (Wildman–Crippen MR) is 47.3 cm³/mol. The monoisotopic (exact) mass is 152 g/mol. The first-order chi connectivity index (χ1) is 5.33. The standard InChI is InChI=1S/C10H16O/c1-2-6-10(9-11)7-4-3-5-8-10/h2,4,6-7,11H,3,5,8-9H2,1H3/b6-2+. The number of hydrogen-bond donors (Lipinski definition) is 1. The van der Waals surface area contributed by atoms with E-state index in [9.17, 15) is 5.11 Å². The van der Waals surface area contributed by atoms with Crippen molar-refractivity contribution in [3.05, 3.63) is 24.3 Å². The minimum atomic E-state index is -0.0347. The van der Waals surface area contributed by atoms with Crippen LogP contribution in [0.1, 0.15) is 26.2 Å². The van der Waals surface area contributed by atoms with Gasteiger partial charge in [-0.15, -0.1) is 0 Å². The Kier molecular flexibility index (Phi) is 2.89. The van der Waals surface area contributed by atoms with Crippen molar-refractivity contribution in [1.29, 1.82) is 0 Å². The molecule has 0 aliphatic heterocycles. The van der Waals surface area contributed by atoms with Crippen LogP contribution in [0.4, 0.5) is 0 Å². The van der Waals surface area contributed by atoms with Gasteiger partial charge in [0.25, 0.3) is 0 Å². The van der Waals surface area contributed by atoms with Crippen molar-refractivity contribution in [2.24, 2.45) is 5.41 Å². The van der Waals surface area contributed by atoms with E-state index in [4.69, 9.17) is 0 Å². The zero-order valence-electron chi connectivity index (χ0n) is 7.09. The molecule has 11 heavy (non-hydrogen) atoms. The van der Waals surface area contributed by atoms with Gasteiger partial charge < -0.3 is 5.11 Å². The van der Waals surface area contributed by atoms with E-state index in [0.717, 1.165) is 6.42 Å². The normalized spacial score (nSPS) is 31.5. The van der Waals surface area contributed by atoms with E-state index in [-0.39, 0.29) is 12.0 Å². The molecule has 0 spiro atoms. The lowest BCUT2D eigenvalue weighted by atomic mass is 9.79. The van der Waals surface area contributed by atoms with E-state index in [0.29, 0.717) is 0 Å². The summed E-state index contributed by atoms with van der Waals surface area (Å²) in [7, 11) is 0. The summed E-state index contributed by atoms with van der Waals surface area (Å²) >= 11 is 0. The highest BCUT2D eigenvalue weighted by molar-refractivity contribution is 5.13. The highest BCUT2D eigenvalue weighted by Crippen LogP contribution is 2.31. The molecule has 0 saturated carbocycles. The first kappa shape index (κ1) is 8.54. The lowest BCUT2D eigenvalue weighted by Crippen LogP contribution is -2.21. The maximum atomic E-state index is 9.17. The van der Waals surface area contributed by atoms with Gasteiger partial charge in [0.05, 0.1) is 6.61 Å². The fourth-order valence-electron chi connectivity index (χ4n) is 1.61. The maximum absolute atomic E-state index is 9.17. The second-order valence-corrected chi connectivity index (χ2v) is 3.19. The van der Waals surface area contributed by atoms with Crippen molar-refractivity contribution in [3.63, 3.8) is 0 Å². The molecule has 1 heteroatoms. The average molecular weight is 152 g/mol. The molecule has 1 aliphatic rings. The van der Waals surface area contributed by atoms with Crippen LogP contribution in [0.5, 0.6) is 0 Å². The molecule has 1 aliphatic carbocycles. The molecular weight excluding hydrogens is 136 g/mol. The van der Waals surface area contributed by atoms with Crippen molar-refractivity contribution in [1.82, 2.24) is 0 Å². The van der Waals surface area contributed by atoms with Crippen LogP contribution in [0, 0.1) is 5.41 Å². The molecule has 0 bridgehead atoms. The summed E-state index contributed by atoms with van der Waals surface area (Å²) in [6.45, 7) is 2.24. The summed E-state index contributed by atoms with van der Waals surface area (Å²) in [6.07, 6.45) is 11.9. The number of rotatable bonds is 2. The highest BCUT2D eigenvalue weighted by atomic mass is 16.3. The van der Waals surface area contributed by atoms with Gasteiger partial charge in [0.2, 0.25) is 0 Å². The van der Waals surface area contributed by atoms with Crippen LogP contribution in [0.3, 0.4) is 0 Å². The van der Waals surface area contributed by atoms with E-state index in [2.05, 4.69) is 18.2 Å². The van der Waals surface area contributed by atoms with Gasteiger partial charge in [0, 0.05) is 5.41 Å². The van der Waals surface area contributed by atoms with Gasteiger partial charge in [-0.05, 0) is 26.2 Å². The summed E-state index contributed by atoms with van der Waals surface area (Å²) in [6, 6.07) is 0. The number of allylic oxidation sites excluding steroid dienone is 2. The summed E-state index contributed by atoms with van der Waals surface area (Å²) in [4.78, 5) is 0. The molecule has 1 nitrogen and oxygen atoms in total. The lowest BCUT2D eigenvalue weighted by molar-refractivity contribution is 0.191. The molecule has 62 valence electrons. The van der Waals surface area contributed by atoms with Gasteiger partial charge in [-0.3, -0.25) is 0 Å². The zero-order valence-corrected chi connectivity index (χ0v) is 7.09. The van der Waals surface area contributed by atoms with Crippen LogP contribution in [0.15, 0.2) is 24.3 Å². The Balaban J connectivity index is 2.72. The van der Waals surface area contributed by atoms with Crippen LogP contribution in [0.2, 0.25) is 0 Å². The van der Waals surface area contributed by atoms with Crippen LogP contribution < -0.4 is 0 Å². The van der Waals surface area contributed by atoms with E-state index in [1.165, 1.54) is 12.8 Å². The smallest absolute Gasteiger partial charge is 0.0556 e. The minimum Gasteiger partial charge on any atom is -0.395 e. The van der Waals surface area contributed by atoms with E-state index < -0.39 is 0 Å². The molecule has 0 radical (unpaired) electrons. The van der Waals surface area contributed by atoms with E-state index >= 15 is 0 Å². The third kappa shape index (κ3) is 1.93. The van der Waals surface area contributed by atoms with Crippen molar-refractivity contribution in [3.8, 4) is 0 Å². The van der Waals surface area contributed by atoms with Crippen molar-refractivity contribution < 1.29 is 5.11 Å². The Hall–Kier alpha value is -0.560. The molecule has 1 N–H and O–H groups in total. The summed E-state index contributed by atoms with van der Waals surface area (Å²) in [5.41, 5.74) is -0.0347. The SMILES string of the molecule is C/C=C/C1(CO)C=CCCC1. The van der Waals surface area contributed by atoms with E-state index in [1.54, 1.807) is 0 Å². The molecule has 0 aromatic heterocycles. The Morgan fingerprint density at radius 3 is 2.91 bits per heavy atom. The van der Waals surface area contributed by atoms with E-state index in [1.807, 2.05) is 13.0 Å². The van der Waals surface area contributed by atoms with Crippen molar-refractivity contribution in [2.45, 2.75) is 26.2 Å². The maximum Gasteiger partial charge on any atom is 0.0556 e. The zero-order chi connectivity index (χ0) is 8.16. The molecule has 0 aromatic carbocycles. The average Bonchev–Trinajstić information content (AvgIpc) is 2.07. The molecule has 1 atom stereocenters. The van der Waals surface area contributed by atoms with Crippen LogP contribution in [0.25, 0.3) is 0 Å². The van der Waals surface area contributed by atoms with Gasteiger partial charge >= 0.3 is 0 Å². The molecule has 0 fully saturated rings. The Bertz CT molecular complexity index is 170. The molecule has 0 saturated heterocycles. The van der Waals surface area contributed by atoms with Crippen molar-refractivity contribution >= 4 is 0 Å². The van der Waals surface area contributed by atoms with Crippen LogP contribution >= 0.6 is 0 Å². The first-order valence-electron chi connectivity index (χ1n) is 4.25. The van der Waals surface area contributed by atoms with Gasteiger partial charge in [-0.1, -0.05) is 24.3 Å². The number of aliphatic hydroxyl groups excluding tert-OH is 1. The number of aliphatic hydroxyl groups is 1. The summed E-state index contributed by atoms with van der Waals surface area (Å²) < 4.78 is 0. The molecule has 1 unspecified atom stereocenters. The third-order valence-electron chi connectivity index (χ3n) is 2.26. The second-order valence-electron chi connectivity index (χ2n) is 3.19. The van der Waals surface area contributed by atoms with Crippen LogP contribution in [-0.4, -0.2) is 11.7 Å².